The first kappa shape index (κ1) is 24.7. The number of hydrogen-bond donors (Lipinski definition) is 2. The average Bonchev–Trinajstić information content (AvgIpc) is 3.23. The molecule has 11 heteroatoms. The minimum Gasteiger partial charge on any atom is -0.495 e. The number of hydrogen-bond acceptors (Lipinski definition) is 8. The molecule has 0 fully saturated rings. The lowest BCUT2D eigenvalue weighted by Gasteiger charge is -2.11. The summed E-state index contributed by atoms with van der Waals surface area (Å²) < 4.78 is 16.9. The zero-order valence-corrected chi connectivity index (χ0v) is 20.9. The topological polar surface area (TPSA) is 121 Å². The van der Waals surface area contributed by atoms with E-state index in [1.807, 2.05) is 0 Å². The van der Waals surface area contributed by atoms with E-state index in [-0.39, 0.29) is 12.5 Å². The summed E-state index contributed by atoms with van der Waals surface area (Å²) in [5, 5.41) is 5.85. The number of aromatic nitrogens is 2. The van der Waals surface area contributed by atoms with Crippen LogP contribution in [0.3, 0.4) is 0 Å². The van der Waals surface area contributed by atoms with E-state index in [1.54, 1.807) is 49.4 Å². The molecule has 0 saturated carbocycles. The lowest BCUT2D eigenvalue weighted by Crippen LogP contribution is -2.28. The predicted octanol–water partition coefficient (Wildman–Crippen LogP) is 3.68. The Morgan fingerprint density at radius 3 is 2.42 bits per heavy atom. The second-order valence-corrected chi connectivity index (χ2v) is 8.69. The van der Waals surface area contributed by atoms with Gasteiger partial charge in [0.1, 0.15) is 17.1 Å². The third-order valence-electron chi connectivity index (χ3n) is 5.46. The third kappa shape index (κ3) is 4.86. The number of aryl methyl sites for hydroxylation is 1. The maximum Gasteiger partial charge on any atom is 0.266 e. The zero-order valence-electron chi connectivity index (χ0n) is 20.1. The van der Waals surface area contributed by atoms with Crippen LogP contribution in [-0.4, -0.2) is 42.7 Å². The number of carbonyl (C=O) groups is 2. The van der Waals surface area contributed by atoms with Crippen molar-refractivity contribution in [1.82, 2.24) is 9.55 Å². The smallest absolute Gasteiger partial charge is 0.266 e. The number of nitrogens with zero attached hydrogens (tertiary/aromatic N) is 2. The van der Waals surface area contributed by atoms with Crippen molar-refractivity contribution in [3.63, 3.8) is 0 Å². The summed E-state index contributed by atoms with van der Waals surface area (Å²) in [5.74, 6) is 0.707. The number of para-hydroxylation sites is 2. The summed E-state index contributed by atoms with van der Waals surface area (Å²) in [6.45, 7) is 1.43. The van der Waals surface area contributed by atoms with Crippen molar-refractivity contribution >= 4 is 44.7 Å². The molecular weight excluding hydrogens is 484 g/mol. The van der Waals surface area contributed by atoms with Crippen LogP contribution in [-0.2, 0) is 11.3 Å². The highest BCUT2D eigenvalue weighted by Crippen LogP contribution is 2.31. The van der Waals surface area contributed by atoms with Crippen LogP contribution in [0.15, 0.2) is 53.6 Å². The van der Waals surface area contributed by atoms with Gasteiger partial charge in [-0.25, -0.2) is 4.98 Å². The van der Waals surface area contributed by atoms with E-state index in [9.17, 15) is 14.4 Å². The Kier molecular flexibility index (Phi) is 7.20. The number of ether oxygens (including phenoxy) is 3. The largest absolute Gasteiger partial charge is 0.495 e. The molecule has 0 bridgehead atoms. The van der Waals surface area contributed by atoms with Crippen LogP contribution in [0.1, 0.15) is 15.2 Å². The van der Waals surface area contributed by atoms with E-state index in [2.05, 4.69) is 15.6 Å². The van der Waals surface area contributed by atoms with E-state index in [1.165, 1.54) is 32.2 Å². The molecule has 2 heterocycles. The number of rotatable bonds is 8. The van der Waals surface area contributed by atoms with Gasteiger partial charge in [0, 0.05) is 11.8 Å². The van der Waals surface area contributed by atoms with Crippen LogP contribution >= 0.6 is 11.3 Å². The molecule has 2 aromatic carbocycles. The molecule has 4 rings (SSSR count). The van der Waals surface area contributed by atoms with Crippen LogP contribution in [0.2, 0.25) is 0 Å². The van der Waals surface area contributed by atoms with E-state index < -0.39 is 11.5 Å². The van der Waals surface area contributed by atoms with E-state index in [4.69, 9.17) is 14.2 Å². The quantitative estimate of drug-likeness (QED) is 0.372. The molecule has 0 saturated heterocycles. The van der Waals surface area contributed by atoms with Crippen molar-refractivity contribution in [1.29, 1.82) is 0 Å². The number of benzene rings is 2. The number of carbonyl (C=O) groups excluding carboxylic acids is 2. The monoisotopic (exact) mass is 508 g/mol. The highest BCUT2D eigenvalue weighted by molar-refractivity contribution is 7.20. The van der Waals surface area contributed by atoms with Gasteiger partial charge in [-0.05, 0) is 36.8 Å². The fraction of sp³-hybridized carbons (Fsp3) is 0.200. The fourth-order valence-corrected chi connectivity index (χ4v) is 4.72. The van der Waals surface area contributed by atoms with Gasteiger partial charge < -0.3 is 24.8 Å². The molecule has 0 unspecified atom stereocenters. The van der Waals surface area contributed by atoms with E-state index in [0.29, 0.717) is 49.3 Å². The molecule has 2 aromatic heterocycles. The zero-order chi connectivity index (χ0) is 25.8. The van der Waals surface area contributed by atoms with Gasteiger partial charge in [0.05, 0.1) is 43.6 Å². The van der Waals surface area contributed by atoms with Crippen LogP contribution in [0.4, 0.5) is 11.4 Å². The summed E-state index contributed by atoms with van der Waals surface area (Å²) in [5.41, 5.74) is 1.09. The lowest BCUT2D eigenvalue weighted by atomic mass is 10.2. The maximum atomic E-state index is 13.2. The first-order valence-electron chi connectivity index (χ1n) is 10.8. The van der Waals surface area contributed by atoms with Crippen molar-refractivity contribution in [3.05, 3.63) is 69.6 Å². The number of nitrogens with one attached hydrogen (secondary N) is 2. The Morgan fingerprint density at radius 1 is 0.972 bits per heavy atom. The van der Waals surface area contributed by atoms with Gasteiger partial charge in [0.15, 0.2) is 11.5 Å². The number of methoxy groups -OCH3 is 3. The molecule has 0 aliphatic carbocycles. The van der Waals surface area contributed by atoms with Crippen molar-refractivity contribution in [2.45, 2.75) is 13.5 Å². The van der Waals surface area contributed by atoms with Gasteiger partial charge in [-0.15, -0.1) is 11.3 Å². The van der Waals surface area contributed by atoms with E-state index >= 15 is 0 Å². The van der Waals surface area contributed by atoms with Crippen molar-refractivity contribution < 1.29 is 23.8 Å². The minimum absolute atomic E-state index is 0.256. The molecule has 36 heavy (non-hydrogen) atoms. The fourth-order valence-electron chi connectivity index (χ4n) is 3.68. The molecular formula is C25H24N4O6S. The second kappa shape index (κ2) is 10.5. The molecule has 0 spiro atoms. The molecule has 0 aliphatic heterocycles. The average molecular weight is 509 g/mol. The normalized spacial score (nSPS) is 10.7. The third-order valence-corrected chi connectivity index (χ3v) is 6.66. The summed E-state index contributed by atoms with van der Waals surface area (Å²) >= 11 is 1.11. The minimum atomic E-state index is -0.424. The molecule has 2 amide bonds. The Bertz CT molecular complexity index is 1510. The summed E-state index contributed by atoms with van der Waals surface area (Å²) in [6, 6.07) is 12.0. The molecule has 10 nitrogen and oxygen atoms in total. The van der Waals surface area contributed by atoms with Crippen LogP contribution in [0.25, 0.3) is 10.2 Å². The number of fused-ring (bicyclic) bond motifs is 1. The molecule has 0 radical (unpaired) electrons. The van der Waals surface area contributed by atoms with Gasteiger partial charge >= 0.3 is 0 Å². The number of thiophene rings is 1. The summed E-state index contributed by atoms with van der Waals surface area (Å²) in [7, 11) is 4.53. The van der Waals surface area contributed by atoms with Crippen molar-refractivity contribution in [2.24, 2.45) is 0 Å². The Hall–Kier alpha value is -4.38. The Balaban J connectivity index is 1.56. The van der Waals surface area contributed by atoms with Gasteiger partial charge in [-0.1, -0.05) is 12.1 Å². The van der Waals surface area contributed by atoms with Crippen LogP contribution < -0.4 is 30.4 Å². The molecule has 4 aromatic rings. The highest BCUT2D eigenvalue weighted by atomic mass is 32.1. The molecule has 0 atom stereocenters. The van der Waals surface area contributed by atoms with Gasteiger partial charge in [-0.2, -0.15) is 0 Å². The van der Waals surface area contributed by atoms with Crippen LogP contribution in [0.5, 0.6) is 17.2 Å². The standard InChI is InChI=1S/C25H24N4O6S/c1-14-21-24(36-22(14)23(31)28-16-7-5-6-8-17(16)33-2)26-13-29(25(21)32)12-20(30)27-15-9-10-18(34-3)19(11-15)35-4/h5-11,13H,12H2,1-4H3,(H,27,30)(H,28,31). The SMILES string of the molecule is COc1ccccc1NC(=O)c1sc2ncn(CC(=O)Nc3ccc(OC)c(OC)c3)c(=O)c2c1C. The first-order valence-corrected chi connectivity index (χ1v) is 11.6. The maximum absolute atomic E-state index is 13.2. The predicted molar refractivity (Wildman–Crippen MR) is 138 cm³/mol. The summed E-state index contributed by atoms with van der Waals surface area (Å²) in [4.78, 5) is 43.9. The first-order chi connectivity index (χ1) is 17.4. The van der Waals surface area contributed by atoms with Crippen LogP contribution in [0, 0.1) is 6.92 Å². The molecule has 0 aliphatic rings. The lowest BCUT2D eigenvalue weighted by molar-refractivity contribution is -0.116. The summed E-state index contributed by atoms with van der Waals surface area (Å²) in [6.07, 6.45) is 1.30. The second-order valence-electron chi connectivity index (χ2n) is 7.69. The van der Waals surface area contributed by atoms with Gasteiger partial charge in [-0.3, -0.25) is 19.0 Å². The van der Waals surface area contributed by atoms with Gasteiger partial charge in [0.2, 0.25) is 5.91 Å². The van der Waals surface area contributed by atoms with Crippen molar-refractivity contribution in [2.75, 3.05) is 32.0 Å². The molecule has 186 valence electrons. The van der Waals surface area contributed by atoms with Gasteiger partial charge in [0.25, 0.3) is 11.5 Å². The highest BCUT2D eigenvalue weighted by Gasteiger charge is 2.21. The number of anilines is 2. The Morgan fingerprint density at radius 2 is 1.69 bits per heavy atom. The Labute approximate surface area is 210 Å². The molecule has 2 N–H and O–H groups in total. The number of amides is 2. The van der Waals surface area contributed by atoms with E-state index in [0.717, 1.165) is 11.3 Å². The van der Waals surface area contributed by atoms with Crippen molar-refractivity contribution in [3.8, 4) is 17.2 Å².